The minimum absolute atomic E-state index is 0.0386. The minimum atomic E-state index is -0.434. The number of benzene rings is 10. The second kappa shape index (κ2) is 12.7. The van der Waals surface area contributed by atoms with Crippen LogP contribution in [0.3, 0.4) is 0 Å². The highest BCUT2D eigenvalue weighted by Gasteiger charge is 2.53. The fraction of sp³-hybridized carbons (Fsp3) is 0.115. The average Bonchev–Trinajstić information content (AvgIpc) is 3.92. The van der Waals surface area contributed by atoms with Crippen LogP contribution in [-0.4, -0.2) is 0 Å². The second-order valence-electron chi connectivity index (χ2n) is 18.1. The van der Waals surface area contributed by atoms with Crippen LogP contribution in [0.25, 0.3) is 65.7 Å². The van der Waals surface area contributed by atoms with Crippen LogP contribution >= 0.6 is 0 Å². The lowest BCUT2D eigenvalue weighted by Gasteiger charge is -2.36. The average molecular weight is 790 g/mol. The maximum Gasteiger partial charge on any atom is 0.0726 e. The first-order chi connectivity index (χ1) is 30.8. The smallest absolute Gasteiger partial charge is 0.0726 e. The van der Waals surface area contributed by atoms with Crippen molar-refractivity contribution in [3.63, 3.8) is 0 Å². The molecule has 10 aromatic carbocycles. The van der Waals surface area contributed by atoms with Crippen molar-refractivity contribution < 1.29 is 0 Å². The summed E-state index contributed by atoms with van der Waals surface area (Å²) in [6, 6.07) is 76.6. The molecule has 0 N–H and O–H groups in total. The minimum Gasteiger partial charge on any atom is -0.309 e. The van der Waals surface area contributed by atoms with Crippen molar-refractivity contribution in [2.75, 3.05) is 4.90 Å². The second-order valence-corrected chi connectivity index (χ2v) is 18.1. The molecule has 0 aromatic heterocycles. The van der Waals surface area contributed by atoms with Crippen molar-refractivity contribution in [3.05, 3.63) is 234 Å². The molecular formula is C61H43N. The predicted octanol–water partition coefficient (Wildman–Crippen LogP) is 16.2. The van der Waals surface area contributed by atoms with E-state index in [9.17, 15) is 0 Å². The van der Waals surface area contributed by atoms with Gasteiger partial charge in [0.25, 0.3) is 0 Å². The van der Waals surface area contributed by atoms with Crippen molar-refractivity contribution in [1.82, 2.24) is 0 Å². The summed E-state index contributed by atoms with van der Waals surface area (Å²) in [5, 5.41) is 7.74. The third kappa shape index (κ3) is 4.28. The molecule has 2 spiro atoms. The third-order valence-corrected chi connectivity index (χ3v) is 15.4. The molecule has 1 nitrogen and oxygen atoms in total. The van der Waals surface area contributed by atoms with Crippen LogP contribution in [0.5, 0.6) is 0 Å². The van der Waals surface area contributed by atoms with E-state index in [1.165, 1.54) is 148 Å². The molecule has 0 radical (unpaired) electrons. The maximum atomic E-state index is 2.66. The summed E-state index contributed by atoms with van der Waals surface area (Å²) in [7, 11) is 0. The topological polar surface area (TPSA) is 3.24 Å². The molecule has 0 heterocycles. The molecule has 292 valence electrons. The molecule has 0 amide bonds. The van der Waals surface area contributed by atoms with Gasteiger partial charge in [0.2, 0.25) is 0 Å². The highest BCUT2D eigenvalue weighted by atomic mass is 15.1. The Hall–Kier alpha value is -7.22. The van der Waals surface area contributed by atoms with Gasteiger partial charge in [-0.2, -0.15) is 0 Å². The first kappa shape index (κ1) is 34.5. The first-order valence-corrected chi connectivity index (χ1v) is 22.6. The van der Waals surface area contributed by atoms with Crippen molar-refractivity contribution in [1.29, 1.82) is 0 Å². The van der Waals surface area contributed by atoms with Gasteiger partial charge in [0.15, 0.2) is 0 Å². The molecule has 62 heavy (non-hydrogen) atoms. The monoisotopic (exact) mass is 789 g/mol. The van der Waals surface area contributed by atoms with E-state index in [0.29, 0.717) is 0 Å². The Bertz CT molecular complexity index is 3450. The number of hydrogen-bond acceptors (Lipinski definition) is 1. The first-order valence-electron chi connectivity index (χ1n) is 22.6. The van der Waals surface area contributed by atoms with Crippen molar-refractivity contribution >= 4 is 49.4 Å². The standard InChI is InChI=1S/C61H43N/c1-14-36-60(37-15-1)50-26-10-8-24-47(50)58-54(60)30-16-32-56(58)62(39-34-35-44-42-20-3-2-18-40(42)41-19-4-5-21-43(41)49(44)38-39)57-33-17-31-55-59(57)48-25-9-13-29-53(48)61(55)51-27-11-6-22-45(51)46-23-7-12-28-52(46)61/h2-13,16-35,38H,1,14-15,36-37H2. The van der Waals surface area contributed by atoms with Gasteiger partial charge < -0.3 is 4.90 Å². The van der Waals surface area contributed by atoms with Crippen molar-refractivity contribution in [3.8, 4) is 33.4 Å². The van der Waals surface area contributed by atoms with Gasteiger partial charge in [0.1, 0.15) is 0 Å². The van der Waals surface area contributed by atoms with Crippen LogP contribution in [0.1, 0.15) is 65.5 Å². The zero-order chi connectivity index (χ0) is 40.6. The molecule has 0 atom stereocenters. The fourth-order valence-corrected chi connectivity index (χ4v) is 13.1. The van der Waals surface area contributed by atoms with E-state index >= 15 is 0 Å². The van der Waals surface area contributed by atoms with Gasteiger partial charge in [0, 0.05) is 22.2 Å². The van der Waals surface area contributed by atoms with Crippen LogP contribution in [0, 0.1) is 0 Å². The van der Waals surface area contributed by atoms with E-state index in [1.54, 1.807) is 0 Å². The summed E-state index contributed by atoms with van der Waals surface area (Å²) in [4.78, 5) is 2.66. The van der Waals surface area contributed by atoms with E-state index in [4.69, 9.17) is 0 Å². The summed E-state index contributed by atoms with van der Waals surface area (Å²) < 4.78 is 0. The van der Waals surface area contributed by atoms with Gasteiger partial charge in [-0.05, 0) is 125 Å². The molecule has 0 bridgehead atoms. The third-order valence-electron chi connectivity index (χ3n) is 15.4. The molecule has 1 heteroatoms. The number of rotatable bonds is 3. The Balaban J connectivity index is 1.11. The molecule has 1 saturated carbocycles. The molecule has 0 aliphatic heterocycles. The summed E-state index contributed by atoms with van der Waals surface area (Å²) in [6.07, 6.45) is 6.24. The van der Waals surface area contributed by atoms with E-state index in [2.05, 4.69) is 205 Å². The predicted molar refractivity (Wildman–Crippen MR) is 259 cm³/mol. The molecule has 1 fully saturated rings. The zero-order valence-electron chi connectivity index (χ0n) is 34.5. The molecular weight excluding hydrogens is 747 g/mol. The Morgan fingerprint density at radius 1 is 0.306 bits per heavy atom. The Morgan fingerprint density at radius 3 is 1.32 bits per heavy atom. The van der Waals surface area contributed by atoms with Gasteiger partial charge in [-0.15, -0.1) is 0 Å². The van der Waals surface area contributed by atoms with E-state index in [1.807, 2.05) is 0 Å². The summed E-state index contributed by atoms with van der Waals surface area (Å²) >= 11 is 0. The molecule has 4 aliphatic rings. The largest absolute Gasteiger partial charge is 0.309 e. The summed E-state index contributed by atoms with van der Waals surface area (Å²) in [6.45, 7) is 0. The van der Waals surface area contributed by atoms with E-state index < -0.39 is 5.41 Å². The zero-order valence-corrected chi connectivity index (χ0v) is 34.5. The van der Waals surface area contributed by atoms with Gasteiger partial charge in [-0.3, -0.25) is 0 Å². The van der Waals surface area contributed by atoms with Crippen LogP contribution < -0.4 is 4.90 Å². The van der Waals surface area contributed by atoms with Crippen LogP contribution in [0.2, 0.25) is 0 Å². The van der Waals surface area contributed by atoms with Crippen molar-refractivity contribution in [2.24, 2.45) is 0 Å². The lowest BCUT2D eigenvalue weighted by Crippen LogP contribution is -2.28. The van der Waals surface area contributed by atoms with Crippen LogP contribution in [0.15, 0.2) is 200 Å². The lowest BCUT2D eigenvalue weighted by molar-refractivity contribution is 0.353. The van der Waals surface area contributed by atoms with Crippen molar-refractivity contribution in [2.45, 2.75) is 42.9 Å². The Morgan fingerprint density at radius 2 is 0.726 bits per heavy atom. The Kier molecular flexibility index (Phi) is 7.04. The Labute approximate surface area is 362 Å². The van der Waals surface area contributed by atoms with Gasteiger partial charge in [-0.25, -0.2) is 0 Å². The molecule has 14 rings (SSSR count). The summed E-state index contributed by atoms with van der Waals surface area (Å²) in [5.74, 6) is 0. The number of anilines is 3. The molecule has 4 aliphatic carbocycles. The van der Waals surface area contributed by atoms with Crippen LogP contribution in [0.4, 0.5) is 17.1 Å². The fourth-order valence-electron chi connectivity index (χ4n) is 13.1. The maximum absolute atomic E-state index is 2.66. The quantitative estimate of drug-likeness (QED) is 0.161. The normalized spacial score (nSPS) is 15.7. The highest BCUT2D eigenvalue weighted by molar-refractivity contribution is 6.26. The van der Waals surface area contributed by atoms with E-state index in [0.717, 1.165) is 0 Å². The highest BCUT2D eigenvalue weighted by Crippen LogP contribution is 2.66. The molecule has 0 saturated heterocycles. The lowest BCUT2D eigenvalue weighted by atomic mass is 9.68. The molecule has 10 aromatic rings. The van der Waals surface area contributed by atoms with Gasteiger partial charge in [0.05, 0.1) is 16.8 Å². The number of nitrogens with zero attached hydrogens (tertiary/aromatic N) is 1. The van der Waals surface area contributed by atoms with Crippen LogP contribution in [-0.2, 0) is 10.8 Å². The number of fused-ring (bicyclic) bond motifs is 21. The molecule has 0 unspecified atom stereocenters. The van der Waals surface area contributed by atoms with Gasteiger partial charge >= 0.3 is 0 Å². The summed E-state index contributed by atoms with van der Waals surface area (Å²) in [5.41, 5.74) is 19.8. The van der Waals surface area contributed by atoms with Gasteiger partial charge in [-0.1, -0.05) is 195 Å². The van der Waals surface area contributed by atoms with E-state index in [-0.39, 0.29) is 5.41 Å². The number of hydrogen-bond donors (Lipinski definition) is 0. The SMILES string of the molecule is c1ccc2c(c1)-c1c(N(c3ccc4c5ccccc5c5ccccc5c4c3)c3cccc4c3-c3ccccc3C43c4ccccc4-c4ccccc43)cccc1C21CCCCC1.